The first kappa shape index (κ1) is 21.7. The van der Waals surface area contributed by atoms with Crippen LogP contribution in [0.25, 0.3) is 0 Å². The Balaban J connectivity index is 1.58. The van der Waals surface area contributed by atoms with Crippen molar-refractivity contribution in [2.24, 2.45) is 0 Å². The molecule has 0 aromatic heterocycles. The molecule has 2 aromatic carbocycles. The Bertz CT molecular complexity index is 974. The van der Waals surface area contributed by atoms with Gasteiger partial charge in [-0.05, 0) is 17.0 Å². The highest BCUT2D eigenvalue weighted by Crippen LogP contribution is 2.42. The number of morpholine rings is 1. The maximum absolute atomic E-state index is 13.4. The van der Waals surface area contributed by atoms with Crippen LogP contribution in [0.15, 0.2) is 48.5 Å². The predicted molar refractivity (Wildman–Crippen MR) is 118 cm³/mol. The van der Waals surface area contributed by atoms with Gasteiger partial charge in [0.05, 0.1) is 25.3 Å². The van der Waals surface area contributed by atoms with Crippen LogP contribution in [0.1, 0.15) is 48.7 Å². The van der Waals surface area contributed by atoms with Crippen molar-refractivity contribution >= 4 is 17.4 Å². The molecule has 2 aliphatic heterocycles. The van der Waals surface area contributed by atoms with Crippen LogP contribution in [0.3, 0.4) is 0 Å². The first-order chi connectivity index (χ1) is 14.7. The molecule has 0 unspecified atom stereocenters. The number of anilines is 1. The van der Waals surface area contributed by atoms with Gasteiger partial charge in [-0.3, -0.25) is 14.5 Å². The van der Waals surface area contributed by atoms with Crippen LogP contribution >= 0.6 is 0 Å². The molecule has 2 aromatic rings. The summed E-state index contributed by atoms with van der Waals surface area (Å²) in [6.45, 7) is 9.74. The number of benzene rings is 2. The van der Waals surface area contributed by atoms with E-state index in [-0.39, 0.29) is 17.6 Å². The number of nitrogens with one attached hydrogen (secondary N) is 1. The van der Waals surface area contributed by atoms with Gasteiger partial charge >= 0.3 is 0 Å². The molecule has 0 aliphatic carbocycles. The lowest BCUT2D eigenvalue weighted by Gasteiger charge is -2.29. The normalized spacial score (nSPS) is 21.9. The van der Waals surface area contributed by atoms with Gasteiger partial charge in [0.2, 0.25) is 0 Å². The first-order valence-electron chi connectivity index (χ1n) is 10.9. The number of nitrogens with zero attached hydrogens (tertiary/aromatic N) is 1. The van der Waals surface area contributed by atoms with Gasteiger partial charge in [0.25, 0.3) is 5.91 Å². The van der Waals surface area contributed by atoms with Crippen molar-refractivity contribution in [2.75, 3.05) is 37.9 Å². The van der Waals surface area contributed by atoms with E-state index in [4.69, 9.17) is 4.74 Å². The number of fused-ring (bicyclic) bond motifs is 1. The number of hydrogen-bond acceptors (Lipinski definition) is 4. The van der Waals surface area contributed by atoms with Crippen LogP contribution in [0.4, 0.5) is 5.69 Å². The van der Waals surface area contributed by atoms with E-state index in [1.165, 1.54) is 4.90 Å². The molecule has 31 heavy (non-hydrogen) atoms. The average Bonchev–Trinajstić information content (AvgIpc) is 2.96. The monoisotopic (exact) mass is 423 g/mol. The van der Waals surface area contributed by atoms with Gasteiger partial charge in [0.15, 0.2) is 18.1 Å². The lowest BCUT2D eigenvalue weighted by Crippen LogP contribution is -3.15. The highest BCUT2D eigenvalue weighted by atomic mass is 16.5. The van der Waals surface area contributed by atoms with Crippen molar-refractivity contribution in [2.45, 2.75) is 38.2 Å². The zero-order valence-electron chi connectivity index (χ0n) is 18.5. The molecule has 164 valence electrons. The summed E-state index contributed by atoms with van der Waals surface area (Å²) in [7, 11) is 0. The fraction of sp³-hybridized carbons (Fsp3) is 0.440. The zero-order valence-corrected chi connectivity index (χ0v) is 18.5. The van der Waals surface area contributed by atoms with Gasteiger partial charge in [-0.25, -0.2) is 0 Å². The van der Waals surface area contributed by atoms with E-state index in [1.54, 1.807) is 29.2 Å². The van der Waals surface area contributed by atoms with Gasteiger partial charge < -0.3 is 14.7 Å². The molecule has 2 heterocycles. The van der Waals surface area contributed by atoms with Gasteiger partial charge in [0, 0.05) is 11.1 Å². The lowest BCUT2D eigenvalue weighted by atomic mass is 9.85. The maximum atomic E-state index is 13.4. The number of carbonyl (C=O) groups excluding carboxylic acids is 2. The van der Waals surface area contributed by atoms with Gasteiger partial charge in [-0.1, -0.05) is 63.2 Å². The third-order valence-electron chi connectivity index (χ3n) is 6.31. The highest BCUT2D eigenvalue weighted by molar-refractivity contribution is 6.10. The number of carbonyl (C=O) groups is 2. The van der Waals surface area contributed by atoms with Crippen molar-refractivity contribution in [3.05, 3.63) is 65.2 Å². The largest absolute Gasteiger partial charge is 0.375 e. The summed E-state index contributed by atoms with van der Waals surface area (Å²) in [4.78, 5) is 29.3. The SMILES string of the molecule is CC(C)(C)c1ccc(C(=O)C[C@]2(O)C(=O)N(C[NH+]3CCOCC3)c3ccccc32)cc1. The van der Waals surface area contributed by atoms with E-state index in [0.717, 1.165) is 18.7 Å². The molecule has 1 fully saturated rings. The molecule has 6 nitrogen and oxygen atoms in total. The van der Waals surface area contributed by atoms with Crippen LogP contribution in [-0.2, 0) is 20.5 Å². The molecule has 2 aliphatic rings. The molecule has 0 saturated carbocycles. The van der Waals surface area contributed by atoms with E-state index in [1.807, 2.05) is 24.3 Å². The molecule has 4 rings (SSSR count). The van der Waals surface area contributed by atoms with E-state index < -0.39 is 11.5 Å². The van der Waals surface area contributed by atoms with Crippen molar-refractivity contribution in [1.82, 2.24) is 0 Å². The Hall–Kier alpha value is -2.54. The summed E-state index contributed by atoms with van der Waals surface area (Å²) in [5.41, 5.74) is 0.968. The number of hydrogen-bond donors (Lipinski definition) is 2. The number of ether oxygens (including phenoxy) is 1. The summed E-state index contributed by atoms with van der Waals surface area (Å²) in [6, 6.07) is 14.7. The molecule has 1 amide bonds. The third-order valence-corrected chi connectivity index (χ3v) is 6.31. The van der Waals surface area contributed by atoms with E-state index >= 15 is 0 Å². The topological polar surface area (TPSA) is 71.3 Å². The Morgan fingerprint density at radius 1 is 1.10 bits per heavy atom. The summed E-state index contributed by atoms with van der Waals surface area (Å²) >= 11 is 0. The molecule has 1 saturated heterocycles. The molecular formula is C25H31N2O4+. The van der Waals surface area contributed by atoms with E-state index in [9.17, 15) is 14.7 Å². The molecule has 6 heteroatoms. The van der Waals surface area contributed by atoms with Gasteiger partial charge in [-0.2, -0.15) is 0 Å². The Kier molecular flexibility index (Phi) is 5.73. The molecule has 0 bridgehead atoms. The van der Waals surface area contributed by atoms with Gasteiger partial charge in [0.1, 0.15) is 13.1 Å². The third kappa shape index (κ3) is 4.15. The van der Waals surface area contributed by atoms with E-state index in [2.05, 4.69) is 20.8 Å². The van der Waals surface area contributed by atoms with Crippen LogP contribution in [-0.4, -0.2) is 49.8 Å². The number of rotatable bonds is 5. The number of Topliss-reactive ketones (excluding diaryl/α,β-unsaturated/α-hetero) is 1. The fourth-order valence-corrected chi connectivity index (χ4v) is 4.37. The van der Waals surface area contributed by atoms with Crippen molar-refractivity contribution in [3.8, 4) is 0 Å². The van der Waals surface area contributed by atoms with E-state index in [0.29, 0.717) is 36.7 Å². The smallest absolute Gasteiger partial charge is 0.268 e. The minimum atomic E-state index is -1.85. The Morgan fingerprint density at radius 3 is 2.39 bits per heavy atom. The number of ketones is 1. The highest BCUT2D eigenvalue weighted by Gasteiger charge is 2.51. The second-order valence-corrected chi connectivity index (χ2v) is 9.56. The lowest BCUT2D eigenvalue weighted by molar-refractivity contribution is -0.906. The Morgan fingerprint density at radius 2 is 1.74 bits per heavy atom. The number of amides is 1. The van der Waals surface area contributed by atoms with Crippen LogP contribution in [0.2, 0.25) is 0 Å². The summed E-state index contributed by atoms with van der Waals surface area (Å²) in [5, 5.41) is 11.5. The van der Waals surface area contributed by atoms with Crippen molar-refractivity contribution < 1.29 is 24.3 Å². The van der Waals surface area contributed by atoms with Crippen LogP contribution in [0.5, 0.6) is 0 Å². The quantitative estimate of drug-likeness (QED) is 0.718. The fourth-order valence-electron chi connectivity index (χ4n) is 4.37. The number of aliphatic hydroxyl groups is 1. The molecule has 0 radical (unpaired) electrons. The maximum Gasteiger partial charge on any atom is 0.268 e. The van der Waals surface area contributed by atoms with Gasteiger partial charge in [-0.15, -0.1) is 0 Å². The molecular weight excluding hydrogens is 392 g/mol. The standard InChI is InChI=1S/C25H30N2O4/c1-24(2,3)19-10-8-18(9-11-19)22(28)16-25(30)20-6-4-5-7-21(20)27(23(25)29)17-26-12-14-31-15-13-26/h4-11,30H,12-17H2,1-3H3/p+1/t25-/m1/s1. The molecule has 2 N–H and O–H groups in total. The number of para-hydroxylation sites is 1. The molecule has 1 atom stereocenters. The van der Waals surface area contributed by atoms with Crippen molar-refractivity contribution in [1.29, 1.82) is 0 Å². The predicted octanol–water partition coefficient (Wildman–Crippen LogP) is 1.66. The summed E-state index contributed by atoms with van der Waals surface area (Å²) < 4.78 is 5.41. The van der Waals surface area contributed by atoms with Crippen LogP contribution < -0.4 is 9.80 Å². The van der Waals surface area contributed by atoms with Crippen molar-refractivity contribution in [3.63, 3.8) is 0 Å². The second kappa shape index (κ2) is 8.19. The minimum absolute atomic E-state index is 0.0114. The minimum Gasteiger partial charge on any atom is -0.375 e. The molecule has 0 spiro atoms. The Labute approximate surface area is 183 Å². The van der Waals surface area contributed by atoms with Crippen LogP contribution in [0, 0.1) is 0 Å². The first-order valence-corrected chi connectivity index (χ1v) is 10.9. The second-order valence-electron chi connectivity index (χ2n) is 9.56. The zero-order chi connectivity index (χ0) is 22.2. The number of quaternary nitrogens is 1. The average molecular weight is 424 g/mol. The summed E-state index contributed by atoms with van der Waals surface area (Å²) in [5.74, 6) is -0.668. The summed E-state index contributed by atoms with van der Waals surface area (Å²) in [6.07, 6.45) is -0.271.